The highest BCUT2D eigenvalue weighted by molar-refractivity contribution is 8.15. The van der Waals surface area contributed by atoms with Gasteiger partial charge in [-0.15, -0.1) is 21.5 Å². The van der Waals surface area contributed by atoms with Crippen molar-refractivity contribution in [3.8, 4) is 11.1 Å². The molecule has 1 aliphatic heterocycles. The number of thiazole rings is 1. The maximum absolute atomic E-state index is 13.9. The first-order chi connectivity index (χ1) is 17.4. The van der Waals surface area contributed by atoms with Crippen molar-refractivity contribution in [1.29, 1.82) is 0 Å². The van der Waals surface area contributed by atoms with Gasteiger partial charge < -0.3 is 4.42 Å². The number of aromatic nitrogens is 3. The van der Waals surface area contributed by atoms with Gasteiger partial charge in [-0.25, -0.2) is 13.4 Å². The number of imide groups is 1. The maximum Gasteiger partial charge on any atom is 0.417 e. The molecule has 192 valence electrons. The molecule has 37 heavy (non-hydrogen) atoms. The summed E-state index contributed by atoms with van der Waals surface area (Å²) in [6.45, 7) is 0. The molecule has 2 atom stereocenters. The SMILES string of the molecule is CS(=O)(=O)C(c1nnc(CC2SC(=O)NC2=O)o1)c1nc2cc(C(F)(F)F)c(-c3ccccc3)cc2s1. The first kappa shape index (κ1) is 25.4. The number of amides is 2. The van der Waals surface area contributed by atoms with Gasteiger partial charge in [0.25, 0.3) is 5.24 Å². The van der Waals surface area contributed by atoms with Crippen molar-refractivity contribution < 1.29 is 35.6 Å². The fourth-order valence-corrected chi connectivity index (χ4v) is 7.13. The van der Waals surface area contributed by atoms with Crippen LogP contribution in [0, 0.1) is 0 Å². The minimum absolute atomic E-state index is 0.0297. The average molecular weight is 569 g/mol. The molecule has 2 aromatic carbocycles. The average Bonchev–Trinajstić information content (AvgIpc) is 3.51. The van der Waals surface area contributed by atoms with Crippen LogP contribution in [0.2, 0.25) is 0 Å². The number of hydrogen-bond donors (Lipinski definition) is 1. The summed E-state index contributed by atoms with van der Waals surface area (Å²) in [7, 11) is -3.96. The summed E-state index contributed by atoms with van der Waals surface area (Å²) in [6, 6.07) is 10.2. The third-order valence-electron chi connectivity index (χ3n) is 5.42. The number of sulfone groups is 1. The second kappa shape index (κ2) is 9.22. The van der Waals surface area contributed by atoms with E-state index in [-0.39, 0.29) is 34.3 Å². The van der Waals surface area contributed by atoms with Crippen LogP contribution >= 0.6 is 23.1 Å². The van der Waals surface area contributed by atoms with E-state index in [2.05, 4.69) is 20.5 Å². The summed E-state index contributed by atoms with van der Waals surface area (Å²) in [5.41, 5.74) is -0.646. The lowest BCUT2D eigenvalue weighted by atomic mass is 9.99. The van der Waals surface area contributed by atoms with Gasteiger partial charge in [-0.05, 0) is 23.3 Å². The molecular weight excluding hydrogens is 553 g/mol. The van der Waals surface area contributed by atoms with Crippen molar-refractivity contribution in [3.05, 3.63) is 64.8 Å². The third kappa shape index (κ3) is 5.10. The number of fused-ring (bicyclic) bond motifs is 1. The molecule has 2 amide bonds. The number of benzene rings is 2. The highest BCUT2D eigenvalue weighted by atomic mass is 32.2. The Morgan fingerprint density at radius 2 is 1.86 bits per heavy atom. The molecule has 0 bridgehead atoms. The molecule has 1 aliphatic rings. The predicted octanol–water partition coefficient (Wildman–Crippen LogP) is 4.39. The van der Waals surface area contributed by atoms with Crippen LogP contribution in [0.25, 0.3) is 21.3 Å². The van der Waals surface area contributed by atoms with Crippen LogP contribution < -0.4 is 5.32 Å². The number of halogens is 3. The molecule has 1 N–H and O–H groups in total. The van der Waals surface area contributed by atoms with Gasteiger partial charge in [0.05, 0.1) is 15.8 Å². The standard InChI is InChI=1S/C22H15F3N4O5S3/c1-37(32,33)17(19-29-28-16(34-19)9-15-18(30)27-21(31)36-15)20-26-13-8-12(22(23,24)25)11(7-14(13)35-20)10-5-3-2-4-6-10/h2-8,15,17H,9H2,1H3,(H,27,30,31). The Hall–Kier alpha value is -3.30. The van der Waals surface area contributed by atoms with Crippen molar-refractivity contribution >= 4 is 54.3 Å². The second-order valence-electron chi connectivity index (χ2n) is 8.11. The van der Waals surface area contributed by atoms with Gasteiger partial charge in [0.2, 0.25) is 17.7 Å². The number of nitrogens with one attached hydrogen (secondary N) is 1. The van der Waals surface area contributed by atoms with Crippen molar-refractivity contribution in [2.75, 3.05) is 6.26 Å². The lowest BCUT2D eigenvalue weighted by Gasteiger charge is -2.13. The fourth-order valence-electron chi connectivity index (χ4n) is 3.81. The summed E-state index contributed by atoms with van der Waals surface area (Å²) in [5.74, 6) is -0.946. The van der Waals surface area contributed by atoms with Gasteiger partial charge in [0.1, 0.15) is 10.3 Å². The van der Waals surface area contributed by atoms with Crippen LogP contribution in [0.4, 0.5) is 18.0 Å². The zero-order chi connectivity index (χ0) is 26.5. The number of hydrogen-bond acceptors (Lipinski definition) is 10. The van der Waals surface area contributed by atoms with Crippen LogP contribution in [0.5, 0.6) is 0 Å². The molecule has 0 radical (unpaired) electrons. The Labute approximate surface area is 215 Å². The molecule has 2 unspecified atom stereocenters. The third-order valence-corrected chi connectivity index (χ3v) is 8.92. The van der Waals surface area contributed by atoms with E-state index in [4.69, 9.17) is 4.42 Å². The lowest BCUT2D eigenvalue weighted by molar-refractivity contribution is -0.137. The number of alkyl halides is 3. The van der Waals surface area contributed by atoms with E-state index < -0.39 is 43.2 Å². The smallest absolute Gasteiger partial charge is 0.417 e. The molecule has 0 saturated carbocycles. The molecule has 0 spiro atoms. The Kier molecular flexibility index (Phi) is 6.32. The lowest BCUT2D eigenvalue weighted by Crippen LogP contribution is -2.25. The first-order valence-electron chi connectivity index (χ1n) is 10.5. The molecule has 0 aliphatic carbocycles. The minimum atomic E-state index is -4.67. The zero-order valence-electron chi connectivity index (χ0n) is 18.6. The second-order valence-corrected chi connectivity index (χ2v) is 12.5. The molecule has 2 aromatic heterocycles. The van der Waals surface area contributed by atoms with Crippen LogP contribution in [-0.4, -0.2) is 46.3 Å². The van der Waals surface area contributed by atoms with E-state index in [0.29, 0.717) is 10.3 Å². The summed E-state index contributed by atoms with van der Waals surface area (Å²) in [5, 5.41) is 6.81. The summed E-state index contributed by atoms with van der Waals surface area (Å²) in [4.78, 5) is 27.4. The normalized spacial score (nSPS) is 17.4. The quantitative estimate of drug-likeness (QED) is 0.360. The van der Waals surface area contributed by atoms with Gasteiger partial charge in [0.15, 0.2) is 15.1 Å². The van der Waals surface area contributed by atoms with Gasteiger partial charge in [-0.2, -0.15) is 13.2 Å². The number of nitrogens with zero attached hydrogens (tertiary/aromatic N) is 3. The number of carbonyl (C=O) groups excluding carboxylic acids is 2. The number of carbonyl (C=O) groups is 2. The Bertz CT molecular complexity index is 1630. The van der Waals surface area contributed by atoms with Gasteiger partial charge >= 0.3 is 6.18 Å². The molecule has 9 nitrogen and oxygen atoms in total. The maximum atomic E-state index is 13.9. The monoisotopic (exact) mass is 568 g/mol. The topological polar surface area (TPSA) is 132 Å². The molecular formula is C22H15F3N4O5S3. The molecule has 4 aromatic rings. The van der Waals surface area contributed by atoms with Crippen LogP contribution in [0.1, 0.15) is 27.6 Å². The largest absolute Gasteiger partial charge is 0.423 e. The highest BCUT2D eigenvalue weighted by Crippen LogP contribution is 2.42. The molecule has 1 saturated heterocycles. The van der Waals surface area contributed by atoms with E-state index in [1.807, 2.05) is 0 Å². The molecule has 3 heterocycles. The van der Waals surface area contributed by atoms with Gasteiger partial charge in [-0.3, -0.25) is 14.9 Å². The van der Waals surface area contributed by atoms with Crippen LogP contribution in [0.15, 0.2) is 46.9 Å². The highest BCUT2D eigenvalue weighted by Gasteiger charge is 2.38. The minimum Gasteiger partial charge on any atom is -0.423 e. The van der Waals surface area contributed by atoms with E-state index in [1.165, 1.54) is 6.07 Å². The first-order valence-corrected chi connectivity index (χ1v) is 14.1. The van der Waals surface area contributed by atoms with E-state index in [1.54, 1.807) is 30.3 Å². The fraction of sp³-hybridized carbons (Fsp3) is 0.227. The Balaban J connectivity index is 1.56. The summed E-state index contributed by atoms with van der Waals surface area (Å²) in [6.07, 6.45) is -3.86. The summed E-state index contributed by atoms with van der Waals surface area (Å²) < 4.78 is 73.0. The predicted molar refractivity (Wildman–Crippen MR) is 130 cm³/mol. The zero-order valence-corrected chi connectivity index (χ0v) is 21.1. The Morgan fingerprint density at radius 1 is 1.14 bits per heavy atom. The van der Waals surface area contributed by atoms with E-state index in [0.717, 1.165) is 35.4 Å². The molecule has 1 fully saturated rings. The van der Waals surface area contributed by atoms with E-state index >= 15 is 0 Å². The van der Waals surface area contributed by atoms with Gasteiger partial charge in [-0.1, -0.05) is 42.1 Å². The van der Waals surface area contributed by atoms with Crippen LogP contribution in [-0.2, 0) is 27.2 Å². The summed E-state index contributed by atoms with van der Waals surface area (Å²) >= 11 is 1.65. The number of thioether (sulfide) groups is 1. The molecule has 5 rings (SSSR count). The van der Waals surface area contributed by atoms with Crippen molar-refractivity contribution in [2.45, 2.75) is 23.1 Å². The van der Waals surface area contributed by atoms with Crippen molar-refractivity contribution in [2.24, 2.45) is 0 Å². The van der Waals surface area contributed by atoms with Crippen LogP contribution in [0.3, 0.4) is 0 Å². The van der Waals surface area contributed by atoms with Gasteiger partial charge in [0, 0.05) is 12.7 Å². The molecule has 15 heteroatoms. The van der Waals surface area contributed by atoms with E-state index in [9.17, 15) is 31.2 Å². The van der Waals surface area contributed by atoms with Crippen molar-refractivity contribution in [3.63, 3.8) is 0 Å². The number of rotatable bonds is 6. The Morgan fingerprint density at radius 3 is 2.49 bits per heavy atom. The van der Waals surface area contributed by atoms with Crippen molar-refractivity contribution in [1.82, 2.24) is 20.5 Å².